The fraction of sp³-hybridized carbons (Fsp3) is 0.455. The maximum atomic E-state index is 13.0. The molecule has 0 spiro atoms. The summed E-state index contributed by atoms with van der Waals surface area (Å²) in [6, 6.07) is 3.57. The third kappa shape index (κ3) is 4.59. The van der Waals surface area contributed by atoms with Crippen LogP contribution in [-0.4, -0.2) is 19.4 Å². The second-order valence-corrected chi connectivity index (χ2v) is 3.86. The standard InChI is InChI=1S/C11H14F4N2O/c1-7-4-8(2-3-9(7)12)10(17-16)5-18-6-11(13,14)15/h2-4,10,17H,5-6,16H2,1H3. The zero-order valence-electron chi connectivity index (χ0n) is 9.72. The molecule has 0 aromatic heterocycles. The van der Waals surface area contributed by atoms with Crippen molar-refractivity contribution in [3.8, 4) is 0 Å². The number of benzene rings is 1. The highest BCUT2D eigenvalue weighted by Crippen LogP contribution is 2.19. The van der Waals surface area contributed by atoms with Gasteiger partial charge in [0, 0.05) is 0 Å². The molecule has 0 fully saturated rings. The van der Waals surface area contributed by atoms with Crippen molar-refractivity contribution >= 4 is 0 Å². The van der Waals surface area contributed by atoms with Crippen LogP contribution in [-0.2, 0) is 4.74 Å². The second-order valence-electron chi connectivity index (χ2n) is 3.86. The SMILES string of the molecule is Cc1cc(C(COCC(F)(F)F)NN)ccc1F. The van der Waals surface area contributed by atoms with E-state index in [9.17, 15) is 17.6 Å². The molecule has 0 aliphatic rings. The first-order valence-corrected chi connectivity index (χ1v) is 5.20. The lowest BCUT2D eigenvalue weighted by Crippen LogP contribution is -2.32. The molecular weight excluding hydrogens is 252 g/mol. The predicted octanol–water partition coefficient (Wildman–Crippen LogP) is 2.22. The van der Waals surface area contributed by atoms with Crippen molar-refractivity contribution in [2.24, 2.45) is 5.84 Å². The molecule has 0 aliphatic heterocycles. The van der Waals surface area contributed by atoms with E-state index in [0.29, 0.717) is 11.1 Å². The third-order valence-electron chi connectivity index (χ3n) is 2.34. The summed E-state index contributed by atoms with van der Waals surface area (Å²) in [5, 5.41) is 0. The third-order valence-corrected chi connectivity index (χ3v) is 2.34. The van der Waals surface area contributed by atoms with Gasteiger partial charge in [-0.3, -0.25) is 11.3 Å². The Labute approximate surface area is 102 Å². The summed E-state index contributed by atoms with van der Waals surface area (Å²) >= 11 is 0. The number of hydrazine groups is 1. The molecule has 0 amide bonds. The summed E-state index contributed by atoms with van der Waals surface area (Å²) < 4.78 is 53.3. The Morgan fingerprint density at radius 3 is 2.56 bits per heavy atom. The van der Waals surface area contributed by atoms with Crippen LogP contribution in [0, 0.1) is 12.7 Å². The molecule has 0 radical (unpaired) electrons. The van der Waals surface area contributed by atoms with Crippen molar-refractivity contribution in [3.05, 3.63) is 35.1 Å². The first kappa shape index (κ1) is 14.9. The molecule has 0 heterocycles. The molecular formula is C11H14F4N2O. The highest BCUT2D eigenvalue weighted by Gasteiger charge is 2.28. The van der Waals surface area contributed by atoms with Crippen LogP contribution in [0.2, 0.25) is 0 Å². The highest BCUT2D eigenvalue weighted by molar-refractivity contribution is 5.26. The molecule has 1 aromatic carbocycles. The molecule has 0 aliphatic carbocycles. The Morgan fingerprint density at radius 2 is 2.06 bits per heavy atom. The summed E-state index contributed by atoms with van der Waals surface area (Å²) in [5.74, 6) is 4.85. The number of ether oxygens (including phenoxy) is 1. The quantitative estimate of drug-likeness (QED) is 0.488. The van der Waals surface area contributed by atoms with Gasteiger partial charge >= 0.3 is 6.18 Å². The minimum absolute atomic E-state index is 0.249. The fourth-order valence-corrected chi connectivity index (χ4v) is 1.42. The van der Waals surface area contributed by atoms with Gasteiger partial charge < -0.3 is 4.74 Å². The van der Waals surface area contributed by atoms with E-state index in [2.05, 4.69) is 10.2 Å². The van der Waals surface area contributed by atoms with Crippen LogP contribution < -0.4 is 11.3 Å². The number of hydrogen-bond acceptors (Lipinski definition) is 3. The number of nitrogens with two attached hydrogens (primary N) is 1. The lowest BCUT2D eigenvalue weighted by molar-refractivity contribution is -0.175. The smallest absolute Gasteiger partial charge is 0.370 e. The summed E-state index contributed by atoms with van der Waals surface area (Å²) in [5.41, 5.74) is 3.30. The van der Waals surface area contributed by atoms with Gasteiger partial charge in [-0.2, -0.15) is 13.2 Å². The zero-order chi connectivity index (χ0) is 13.8. The van der Waals surface area contributed by atoms with Gasteiger partial charge in [0.2, 0.25) is 0 Å². The van der Waals surface area contributed by atoms with Crippen molar-refractivity contribution in [1.29, 1.82) is 0 Å². The molecule has 7 heteroatoms. The first-order valence-electron chi connectivity index (χ1n) is 5.20. The Hall–Kier alpha value is -1.18. The Morgan fingerprint density at radius 1 is 1.39 bits per heavy atom. The van der Waals surface area contributed by atoms with Crippen LogP contribution in [0.1, 0.15) is 17.2 Å². The van der Waals surface area contributed by atoms with Crippen LogP contribution in [0.25, 0.3) is 0 Å². The van der Waals surface area contributed by atoms with Gasteiger partial charge in [0.25, 0.3) is 0 Å². The number of halogens is 4. The van der Waals surface area contributed by atoms with Crippen LogP contribution in [0.15, 0.2) is 18.2 Å². The molecule has 3 N–H and O–H groups in total. The van der Waals surface area contributed by atoms with Crippen molar-refractivity contribution < 1.29 is 22.3 Å². The lowest BCUT2D eigenvalue weighted by Gasteiger charge is -2.17. The molecule has 1 atom stereocenters. The molecule has 1 unspecified atom stereocenters. The van der Waals surface area contributed by atoms with Gasteiger partial charge in [-0.15, -0.1) is 0 Å². The molecule has 1 rings (SSSR count). The average Bonchev–Trinajstić information content (AvgIpc) is 2.27. The van der Waals surface area contributed by atoms with E-state index in [4.69, 9.17) is 5.84 Å². The lowest BCUT2D eigenvalue weighted by atomic mass is 10.1. The van der Waals surface area contributed by atoms with E-state index in [1.54, 1.807) is 6.92 Å². The van der Waals surface area contributed by atoms with Crippen LogP contribution in [0.4, 0.5) is 17.6 Å². The predicted molar refractivity (Wildman–Crippen MR) is 58.1 cm³/mol. The topological polar surface area (TPSA) is 47.3 Å². The molecule has 0 bridgehead atoms. The van der Waals surface area contributed by atoms with Crippen molar-refractivity contribution in [2.45, 2.75) is 19.1 Å². The van der Waals surface area contributed by atoms with E-state index >= 15 is 0 Å². The molecule has 3 nitrogen and oxygen atoms in total. The Balaban J connectivity index is 2.63. The minimum Gasteiger partial charge on any atom is -0.370 e. The van der Waals surface area contributed by atoms with Crippen molar-refractivity contribution in [2.75, 3.05) is 13.2 Å². The van der Waals surface area contributed by atoms with Crippen molar-refractivity contribution in [1.82, 2.24) is 5.43 Å². The monoisotopic (exact) mass is 266 g/mol. The fourth-order valence-electron chi connectivity index (χ4n) is 1.42. The largest absolute Gasteiger partial charge is 0.411 e. The number of aryl methyl sites for hydroxylation is 1. The Kier molecular flexibility index (Phi) is 5.06. The maximum absolute atomic E-state index is 13.0. The molecule has 0 saturated carbocycles. The van der Waals surface area contributed by atoms with E-state index in [0.717, 1.165) is 0 Å². The van der Waals surface area contributed by atoms with Gasteiger partial charge in [-0.1, -0.05) is 12.1 Å². The van der Waals surface area contributed by atoms with E-state index in [1.165, 1.54) is 18.2 Å². The molecule has 18 heavy (non-hydrogen) atoms. The maximum Gasteiger partial charge on any atom is 0.411 e. The highest BCUT2D eigenvalue weighted by atomic mass is 19.4. The average molecular weight is 266 g/mol. The van der Waals surface area contributed by atoms with Crippen LogP contribution in [0.5, 0.6) is 0 Å². The van der Waals surface area contributed by atoms with Crippen LogP contribution >= 0.6 is 0 Å². The molecule has 102 valence electrons. The van der Waals surface area contributed by atoms with Gasteiger partial charge in [0.1, 0.15) is 12.4 Å². The van der Waals surface area contributed by atoms with Gasteiger partial charge in [-0.05, 0) is 24.1 Å². The first-order chi connectivity index (χ1) is 8.33. The van der Waals surface area contributed by atoms with Crippen molar-refractivity contribution in [3.63, 3.8) is 0 Å². The van der Waals surface area contributed by atoms with E-state index < -0.39 is 18.8 Å². The molecule has 1 aromatic rings. The van der Waals surface area contributed by atoms with E-state index in [-0.39, 0.29) is 12.4 Å². The van der Waals surface area contributed by atoms with E-state index in [1.807, 2.05) is 0 Å². The Bertz CT molecular complexity index is 395. The number of alkyl halides is 3. The summed E-state index contributed by atoms with van der Waals surface area (Å²) in [7, 11) is 0. The number of rotatable bonds is 5. The van der Waals surface area contributed by atoms with Gasteiger partial charge in [0.05, 0.1) is 12.6 Å². The van der Waals surface area contributed by atoms with Gasteiger partial charge in [-0.25, -0.2) is 4.39 Å². The number of nitrogens with one attached hydrogen (secondary N) is 1. The summed E-state index contributed by atoms with van der Waals surface area (Å²) in [6.07, 6.45) is -4.38. The zero-order valence-corrected chi connectivity index (χ0v) is 9.72. The second kappa shape index (κ2) is 6.12. The summed E-state index contributed by atoms with van der Waals surface area (Å²) in [6.45, 7) is -0.0323. The van der Waals surface area contributed by atoms with Gasteiger partial charge in [0.15, 0.2) is 0 Å². The summed E-state index contributed by atoms with van der Waals surface area (Å²) in [4.78, 5) is 0. The normalized spacial score (nSPS) is 13.7. The minimum atomic E-state index is -4.38. The number of hydrogen-bond donors (Lipinski definition) is 2. The molecule has 0 saturated heterocycles. The van der Waals surface area contributed by atoms with Crippen LogP contribution in [0.3, 0.4) is 0 Å².